The molecule has 0 saturated heterocycles. The summed E-state index contributed by atoms with van der Waals surface area (Å²) in [5.74, 6) is 5.25. The Bertz CT molecular complexity index is 274. The molecule has 5 heteroatoms. The van der Waals surface area contributed by atoms with Crippen molar-refractivity contribution >= 4 is 0 Å². The predicted molar refractivity (Wildman–Crippen MR) is 56.0 cm³/mol. The number of hydrogen-bond donors (Lipinski definition) is 3. The van der Waals surface area contributed by atoms with E-state index in [4.69, 9.17) is 5.90 Å². The minimum absolute atomic E-state index is 0.156. The zero-order valence-corrected chi connectivity index (χ0v) is 8.97. The zero-order valence-electron chi connectivity index (χ0n) is 8.97. The van der Waals surface area contributed by atoms with Gasteiger partial charge >= 0.3 is 0 Å². The molecule has 85 valence electrons. The first-order chi connectivity index (χ1) is 7.06. The molecule has 0 saturated carbocycles. The number of aliphatic hydroxyl groups excluding tert-OH is 2. The molecule has 0 aliphatic heterocycles. The van der Waals surface area contributed by atoms with E-state index in [1.807, 2.05) is 12.2 Å². The summed E-state index contributed by atoms with van der Waals surface area (Å²) in [5.41, 5.74) is 0.754. The van der Waals surface area contributed by atoms with Crippen LogP contribution in [-0.4, -0.2) is 27.9 Å². The van der Waals surface area contributed by atoms with Crippen molar-refractivity contribution in [3.05, 3.63) is 29.5 Å². The molecule has 1 rings (SSSR count). The van der Waals surface area contributed by atoms with E-state index in [0.717, 1.165) is 5.57 Å². The average molecular weight is 213 g/mol. The van der Waals surface area contributed by atoms with Crippen molar-refractivity contribution < 1.29 is 15.2 Å². The first-order valence-corrected chi connectivity index (χ1v) is 4.81. The monoisotopic (exact) mass is 213 g/mol. The Balaban J connectivity index is 2.73. The van der Waals surface area contributed by atoms with Crippen LogP contribution >= 0.6 is 0 Å². The van der Waals surface area contributed by atoms with E-state index in [-0.39, 0.29) is 12.3 Å². The number of nitrogens with zero attached hydrogens (tertiary/aromatic N) is 1. The van der Waals surface area contributed by atoms with Crippen LogP contribution in [0.3, 0.4) is 0 Å². The maximum absolute atomic E-state index is 9.78. The van der Waals surface area contributed by atoms with Gasteiger partial charge in [0.05, 0.1) is 12.6 Å². The maximum atomic E-state index is 9.78. The van der Waals surface area contributed by atoms with Gasteiger partial charge in [-0.05, 0) is 25.8 Å². The van der Waals surface area contributed by atoms with Crippen molar-refractivity contribution in [2.75, 3.05) is 6.54 Å². The average Bonchev–Trinajstić information content (AvgIpc) is 2.19. The van der Waals surface area contributed by atoms with Crippen LogP contribution in [0.4, 0.5) is 0 Å². The van der Waals surface area contributed by atoms with Crippen LogP contribution in [-0.2, 0) is 4.94 Å². The number of rotatable bonds is 4. The topological polar surface area (TPSA) is 79.0 Å². The molecular weight excluding hydrogens is 196 g/mol. The SMILES string of the molecule is CC1=C(O)[C](N(CC(C)O)ON)CC=C1. The summed E-state index contributed by atoms with van der Waals surface area (Å²) < 4.78 is 0. The van der Waals surface area contributed by atoms with E-state index in [1.165, 1.54) is 5.06 Å². The molecule has 0 amide bonds. The van der Waals surface area contributed by atoms with Gasteiger partial charge in [-0.15, -0.1) is 0 Å². The molecule has 4 N–H and O–H groups in total. The van der Waals surface area contributed by atoms with E-state index in [9.17, 15) is 10.2 Å². The summed E-state index contributed by atoms with van der Waals surface area (Å²) in [6.45, 7) is 3.64. The first kappa shape index (κ1) is 12.2. The Kier molecular flexibility index (Phi) is 4.28. The third-order valence-electron chi connectivity index (χ3n) is 2.18. The summed E-state index contributed by atoms with van der Waals surface area (Å²) >= 11 is 0. The number of nitrogens with two attached hydrogens (primary N) is 1. The fraction of sp³-hybridized carbons (Fsp3) is 0.500. The third kappa shape index (κ3) is 3.04. The molecule has 1 unspecified atom stereocenters. The molecule has 0 bridgehead atoms. The molecule has 0 aromatic rings. The molecule has 0 aromatic heterocycles. The van der Waals surface area contributed by atoms with Gasteiger partial charge in [0.1, 0.15) is 11.8 Å². The molecule has 5 nitrogen and oxygen atoms in total. The van der Waals surface area contributed by atoms with Crippen LogP contribution in [0, 0.1) is 6.04 Å². The van der Waals surface area contributed by atoms with Gasteiger partial charge in [-0.2, -0.15) is 11.0 Å². The van der Waals surface area contributed by atoms with Gasteiger partial charge < -0.3 is 10.2 Å². The highest BCUT2D eigenvalue weighted by atomic mass is 16.8. The summed E-state index contributed by atoms with van der Waals surface area (Å²) in [7, 11) is 0. The van der Waals surface area contributed by atoms with Crippen LogP contribution < -0.4 is 5.90 Å². The van der Waals surface area contributed by atoms with Crippen molar-refractivity contribution in [1.82, 2.24) is 5.06 Å². The van der Waals surface area contributed by atoms with E-state index in [1.54, 1.807) is 13.8 Å². The predicted octanol–water partition coefficient (Wildman–Crippen LogP) is 0.798. The molecule has 1 radical (unpaired) electrons. The second-order valence-corrected chi connectivity index (χ2v) is 3.60. The summed E-state index contributed by atoms with van der Waals surface area (Å²) in [5, 5.41) is 20.3. The highest BCUT2D eigenvalue weighted by Gasteiger charge is 2.27. The van der Waals surface area contributed by atoms with Gasteiger partial charge in [0.15, 0.2) is 0 Å². The van der Waals surface area contributed by atoms with Crippen LogP contribution in [0.5, 0.6) is 0 Å². The fourth-order valence-electron chi connectivity index (χ4n) is 1.43. The van der Waals surface area contributed by atoms with Gasteiger partial charge in [-0.3, -0.25) is 0 Å². The Morgan fingerprint density at radius 2 is 2.33 bits per heavy atom. The molecule has 0 heterocycles. The molecule has 15 heavy (non-hydrogen) atoms. The Morgan fingerprint density at radius 3 is 2.87 bits per heavy atom. The number of hydrogen-bond acceptors (Lipinski definition) is 5. The van der Waals surface area contributed by atoms with Crippen molar-refractivity contribution in [3.8, 4) is 0 Å². The molecule has 0 aromatic carbocycles. The molecule has 0 spiro atoms. The Morgan fingerprint density at radius 1 is 1.67 bits per heavy atom. The minimum atomic E-state index is -0.583. The lowest BCUT2D eigenvalue weighted by molar-refractivity contribution is -0.170. The Hall–Kier alpha value is -0.880. The fourth-order valence-corrected chi connectivity index (χ4v) is 1.43. The maximum Gasteiger partial charge on any atom is 0.137 e. The van der Waals surface area contributed by atoms with Crippen molar-refractivity contribution in [2.24, 2.45) is 5.90 Å². The number of hydroxylamine groups is 2. The lowest BCUT2D eigenvalue weighted by Gasteiger charge is -2.29. The van der Waals surface area contributed by atoms with Crippen LogP contribution in [0.25, 0.3) is 0 Å². The third-order valence-corrected chi connectivity index (χ3v) is 2.18. The lowest BCUT2D eigenvalue weighted by atomic mass is 10.0. The van der Waals surface area contributed by atoms with E-state index in [2.05, 4.69) is 4.94 Å². The summed E-state index contributed by atoms with van der Waals surface area (Å²) in [6, 6.07) is 0.568. The van der Waals surface area contributed by atoms with Crippen molar-refractivity contribution in [1.29, 1.82) is 0 Å². The summed E-state index contributed by atoms with van der Waals surface area (Å²) in [4.78, 5) is 4.63. The van der Waals surface area contributed by atoms with E-state index < -0.39 is 6.10 Å². The smallest absolute Gasteiger partial charge is 0.137 e. The van der Waals surface area contributed by atoms with Gasteiger partial charge in [0, 0.05) is 0 Å². The lowest BCUT2D eigenvalue weighted by Crippen LogP contribution is -2.38. The highest BCUT2D eigenvalue weighted by molar-refractivity contribution is 5.34. The quantitative estimate of drug-likeness (QED) is 0.602. The molecular formula is C10H17N2O3. The molecule has 1 aliphatic carbocycles. The van der Waals surface area contributed by atoms with Crippen molar-refractivity contribution in [2.45, 2.75) is 26.4 Å². The van der Waals surface area contributed by atoms with Gasteiger partial charge in [-0.1, -0.05) is 12.2 Å². The van der Waals surface area contributed by atoms with Crippen molar-refractivity contribution in [3.63, 3.8) is 0 Å². The van der Waals surface area contributed by atoms with E-state index >= 15 is 0 Å². The summed E-state index contributed by atoms with van der Waals surface area (Å²) in [6.07, 6.45) is 3.68. The van der Waals surface area contributed by atoms with Gasteiger partial charge in [-0.25, -0.2) is 4.94 Å². The van der Waals surface area contributed by atoms with Crippen LogP contribution in [0.15, 0.2) is 23.5 Å². The normalized spacial score (nSPS) is 20.1. The highest BCUT2D eigenvalue weighted by Crippen LogP contribution is 2.28. The van der Waals surface area contributed by atoms with Gasteiger partial charge in [0.2, 0.25) is 0 Å². The number of allylic oxidation sites excluding steroid dienone is 2. The zero-order chi connectivity index (χ0) is 11.4. The molecule has 1 aliphatic rings. The minimum Gasteiger partial charge on any atom is -0.510 e. The standard InChI is InChI=1S/C10H17N2O3/c1-7-4-3-5-9(10(7)14)12(15-11)6-8(2)13/h3-4,8,13-14H,5-6,11H2,1-2H3. The second kappa shape index (κ2) is 5.27. The Labute approximate surface area is 89.3 Å². The number of aliphatic hydroxyl groups is 2. The molecule has 0 fully saturated rings. The first-order valence-electron chi connectivity index (χ1n) is 4.81. The largest absolute Gasteiger partial charge is 0.510 e. The van der Waals surface area contributed by atoms with Crippen LogP contribution in [0.1, 0.15) is 20.3 Å². The second-order valence-electron chi connectivity index (χ2n) is 3.60. The van der Waals surface area contributed by atoms with E-state index in [0.29, 0.717) is 12.5 Å². The van der Waals surface area contributed by atoms with Gasteiger partial charge in [0.25, 0.3) is 0 Å². The van der Waals surface area contributed by atoms with Crippen LogP contribution in [0.2, 0.25) is 0 Å². The molecule has 1 atom stereocenters.